The summed E-state index contributed by atoms with van der Waals surface area (Å²) in [5, 5.41) is 4.45. The molecule has 0 bridgehead atoms. The monoisotopic (exact) mass is 348 g/mol. The summed E-state index contributed by atoms with van der Waals surface area (Å²) in [4.78, 5) is 1.27. The van der Waals surface area contributed by atoms with Gasteiger partial charge in [-0.15, -0.1) is 0 Å². The van der Waals surface area contributed by atoms with E-state index in [1.54, 1.807) is 19.1 Å². The summed E-state index contributed by atoms with van der Waals surface area (Å²) in [6.45, 7) is 1.67. The first kappa shape index (κ1) is 16.7. The van der Waals surface area contributed by atoms with E-state index in [1.165, 1.54) is 16.0 Å². The first-order valence-electron chi connectivity index (χ1n) is 7.73. The lowest BCUT2D eigenvalue weighted by atomic mass is 9.97. The highest BCUT2D eigenvalue weighted by molar-refractivity contribution is 8.00. The average molecular weight is 349 g/mol. The summed E-state index contributed by atoms with van der Waals surface area (Å²) in [6.07, 6.45) is 0.987. The molecule has 1 unspecified atom stereocenters. The molecule has 0 saturated heterocycles. The van der Waals surface area contributed by atoms with E-state index in [2.05, 4.69) is 47.0 Å². The van der Waals surface area contributed by atoms with Crippen molar-refractivity contribution in [3.8, 4) is 0 Å². The lowest BCUT2D eigenvalue weighted by Gasteiger charge is -2.22. The quantitative estimate of drug-likeness (QED) is 0.634. The first-order valence-corrected chi connectivity index (χ1v) is 8.88. The summed E-state index contributed by atoms with van der Waals surface area (Å²) in [7, 11) is 3.83. The number of anilines is 1. The van der Waals surface area contributed by atoms with Crippen molar-refractivity contribution in [1.29, 1.82) is 0 Å². The minimum absolute atomic E-state index is 0.160. The van der Waals surface area contributed by atoms with Crippen molar-refractivity contribution in [2.24, 2.45) is 0 Å². The number of nitrogens with one attached hydrogen (secondary N) is 1. The number of rotatable bonds is 5. The SMILES string of the molecule is COCCCNC1c2ccccc2SN(C)c2cc(Cl)ccc21. The third kappa shape index (κ3) is 3.66. The fourth-order valence-corrected chi connectivity index (χ4v) is 4.03. The molecule has 0 saturated carbocycles. The highest BCUT2D eigenvalue weighted by atomic mass is 35.5. The molecule has 3 rings (SSSR count). The van der Waals surface area contributed by atoms with Crippen LogP contribution < -0.4 is 9.62 Å². The second-order valence-electron chi connectivity index (χ2n) is 5.56. The van der Waals surface area contributed by atoms with Crippen molar-refractivity contribution in [3.05, 3.63) is 58.6 Å². The van der Waals surface area contributed by atoms with Gasteiger partial charge in [0.15, 0.2) is 0 Å². The summed E-state index contributed by atoms with van der Waals surface area (Å²) in [6, 6.07) is 14.9. The van der Waals surface area contributed by atoms with E-state index in [0.717, 1.165) is 30.3 Å². The van der Waals surface area contributed by atoms with E-state index in [9.17, 15) is 0 Å². The van der Waals surface area contributed by atoms with E-state index >= 15 is 0 Å². The zero-order valence-electron chi connectivity index (χ0n) is 13.4. The predicted molar refractivity (Wildman–Crippen MR) is 98.5 cm³/mol. The Morgan fingerprint density at radius 1 is 1.22 bits per heavy atom. The standard InChI is InChI=1S/C18H21ClN2OS/c1-21-16-12-13(19)8-9-14(16)18(20-10-5-11-22-2)15-6-3-4-7-17(15)23-21/h3-4,6-9,12,18,20H,5,10-11H2,1-2H3. The van der Waals surface area contributed by atoms with Crippen LogP contribution in [-0.4, -0.2) is 27.3 Å². The number of hydrogen-bond donors (Lipinski definition) is 1. The maximum atomic E-state index is 6.23. The Morgan fingerprint density at radius 2 is 2.04 bits per heavy atom. The largest absolute Gasteiger partial charge is 0.385 e. The van der Waals surface area contributed by atoms with Gasteiger partial charge in [-0.2, -0.15) is 0 Å². The molecule has 1 aliphatic heterocycles. The normalized spacial score (nSPS) is 16.7. The Bertz CT molecular complexity index is 680. The van der Waals surface area contributed by atoms with Crippen LogP contribution in [0.25, 0.3) is 0 Å². The van der Waals surface area contributed by atoms with E-state index in [-0.39, 0.29) is 6.04 Å². The van der Waals surface area contributed by atoms with Crippen LogP contribution in [0.2, 0.25) is 5.02 Å². The van der Waals surface area contributed by atoms with Crippen LogP contribution in [0.3, 0.4) is 0 Å². The van der Waals surface area contributed by atoms with E-state index in [4.69, 9.17) is 16.3 Å². The van der Waals surface area contributed by atoms with Gasteiger partial charge in [0.1, 0.15) is 0 Å². The van der Waals surface area contributed by atoms with Gasteiger partial charge in [-0.3, -0.25) is 0 Å². The lowest BCUT2D eigenvalue weighted by molar-refractivity contribution is 0.193. The van der Waals surface area contributed by atoms with Crippen LogP contribution >= 0.6 is 23.5 Å². The molecule has 2 aromatic carbocycles. The van der Waals surface area contributed by atoms with Crippen LogP contribution in [0.15, 0.2) is 47.4 Å². The van der Waals surface area contributed by atoms with Gasteiger partial charge in [0, 0.05) is 30.7 Å². The zero-order valence-corrected chi connectivity index (χ0v) is 15.0. The Hall–Kier alpha value is -1.20. The first-order chi connectivity index (χ1) is 11.2. The maximum absolute atomic E-state index is 6.23. The molecule has 0 aromatic heterocycles. The predicted octanol–water partition coefficient (Wildman–Crippen LogP) is 4.51. The number of nitrogens with zero attached hydrogens (tertiary/aromatic N) is 1. The molecule has 0 radical (unpaired) electrons. The van der Waals surface area contributed by atoms with Gasteiger partial charge in [0.2, 0.25) is 0 Å². The van der Waals surface area contributed by atoms with Crippen LogP contribution in [0, 0.1) is 0 Å². The molecule has 0 spiro atoms. The molecule has 23 heavy (non-hydrogen) atoms. The molecule has 0 aliphatic carbocycles. The summed E-state index contributed by atoms with van der Waals surface area (Å²) >= 11 is 7.97. The highest BCUT2D eigenvalue weighted by Crippen LogP contribution is 2.43. The Labute approximate surface area is 147 Å². The molecular formula is C18H21ClN2OS. The molecule has 0 fully saturated rings. The van der Waals surface area contributed by atoms with Crippen LogP contribution in [-0.2, 0) is 4.74 Å². The molecular weight excluding hydrogens is 328 g/mol. The van der Waals surface area contributed by atoms with Gasteiger partial charge in [-0.25, -0.2) is 0 Å². The van der Waals surface area contributed by atoms with Crippen LogP contribution in [0.4, 0.5) is 5.69 Å². The lowest BCUT2D eigenvalue weighted by Crippen LogP contribution is -2.25. The van der Waals surface area contributed by atoms with Gasteiger partial charge >= 0.3 is 0 Å². The molecule has 1 atom stereocenters. The Balaban J connectivity index is 1.99. The molecule has 1 heterocycles. The Morgan fingerprint density at radius 3 is 2.87 bits per heavy atom. The highest BCUT2D eigenvalue weighted by Gasteiger charge is 2.26. The maximum Gasteiger partial charge on any atom is 0.0609 e. The van der Waals surface area contributed by atoms with E-state index in [1.807, 2.05) is 12.1 Å². The molecule has 1 N–H and O–H groups in total. The second-order valence-corrected chi connectivity index (χ2v) is 7.17. The smallest absolute Gasteiger partial charge is 0.0609 e. The van der Waals surface area contributed by atoms with Crippen molar-refractivity contribution in [2.75, 3.05) is 31.6 Å². The summed E-state index contributed by atoms with van der Waals surface area (Å²) in [5.41, 5.74) is 3.72. The van der Waals surface area contributed by atoms with E-state index in [0.29, 0.717) is 0 Å². The van der Waals surface area contributed by atoms with Crippen LogP contribution in [0.5, 0.6) is 0 Å². The second kappa shape index (κ2) is 7.58. The molecule has 5 heteroatoms. The number of hydrogen-bond acceptors (Lipinski definition) is 4. The Kier molecular flexibility index (Phi) is 5.49. The van der Waals surface area contributed by atoms with Gasteiger partial charge in [-0.05, 0) is 54.2 Å². The molecule has 1 aliphatic rings. The number of benzene rings is 2. The summed E-state index contributed by atoms with van der Waals surface area (Å²) in [5.74, 6) is 0. The third-order valence-corrected chi connectivity index (χ3v) is 5.26. The minimum atomic E-state index is 0.160. The topological polar surface area (TPSA) is 24.5 Å². The van der Waals surface area contributed by atoms with Gasteiger partial charge < -0.3 is 14.4 Å². The number of methoxy groups -OCH3 is 1. The van der Waals surface area contributed by atoms with E-state index < -0.39 is 0 Å². The van der Waals surface area contributed by atoms with Crippen molar-refractivity contribution in [1.82, 2.24) is 5.32 Å². The number of halogens is 1. The summed E-state index contributed by atoms with van der Waals surface area (Å²) < 4.78 is 7.35. The average Bonchev–Trinajstić information content (AvgIpc) is 2.67. The molecule has 3 nitrogen and oxygen atoms in total. The molecule has 122 valence electrons. The fraction of sp³-hybridized carbons (Fsp3) is 0.333. The molecule has 2 aromatic rings. The van der Waals surface area contributed by atoms with Crippen molar-refractivity contribution < 1.29 is 4.74 Å². The van der Waals surface area contributed by atoms with Crippen molar-refractivity contribution >= 4 is 29.2 Å². The van der Waals surface area contributed by atoms with Crippen molar-refractivity contribution in [3.63, 3.8) is 0 Å². The number of fused-ring (bicyclic) bond motifs is 2. The zero-order chi connectivity index (χ0) is 16.2. The van der Waals surface area contributed by atoms with Crippen LogP contribution in [0.1, 0.15) is 23.6 Å². The van der Waals surface area contributed by atoms with Gasteiger partial charge in [-0.1, -0.05) is 35.9 Å². The fourth-order valence-electron chi connectivity index (χ4n) is 2.88. The molecule has 0 amide bonds. The van der Waals surface area contributed by atoms with Gasteiger partial charge in [0.05, 0.1) is 11.7 Å². The minimum Gasteiger partial charge on any atom is -0.385 e. The third-order valence-electron chi connectivity index (χ3n) is 3.98. The number of ether oxygens (including phenoxy) is 1. The van der Waals surface area contributed by atoms with Gasteiger partial charge in [0.25, 0.3) is 0 Å². The van der Waals surface area contributed by atoms with Crippen molar-refractivity contribution in [2.45, 2.75) is 17.4 Å².